The average Bonchev–Trinajstić information content (AvgIpc) is 2.33. The second-order valence-electron chi connectivity index (χ2n) is 6.86. The minimum Gasteiger partial charge on any atom is -0.427 e. The summed E-state index contributed by atoms with van der Waals surface area (Å²) in [5.41, 5.74) is -1.71. The molecule has 0 aromatic heterocycles. The van der Waals surface area contributed by atoms with Crippen LogP contribution in [0.15, 0.2) is 12.1 Å². The zero-order chi connectivity index (χ0) is 16.3. The zero-order valence-electron chi connectivity index (χ0n) is 13.2. The smallest absolute Gasteiger partial charge is 0.391 e. The lowest BCUT2D eigenvalue weighted by molar-refractivity contribution is -0.183. The minimum atomic E-state index is -4.05. The molecule has 121 valence electrons. The molecule has 0 amide bonds. The Bertz CT molecular complexity index is 351. The van der Waals surface area contributed by atoms with Gasteiger partial charge in [0.25, 0.3) is 0 Å². The first-order valence-electron chi connectivity index (χ1n) is 7.40. The van der Waals surface area contributed by atoms with Gasteiger partial charge in [0, 0.05) is 0 Å². The predicted molar refractivity (Wildman–Crippen MR) is 77.9 cm³/mol. The van der Waals surface area contributed by atoms with E-state index in [1.165, 1.54) is 7.48 Å². The van der Waals surface area contributed by atoms with E-state index in [-0.39, 0.29) is 18.8 Å². The average molecular weight is 305 g/mol. The van der Waals surface area contributed by atoms with Gasteiger partial charge in [-0.15, -0.1) is 0 Å². The van der Waals surface area contributed by atoms with Crippen LogP contribution in [0.1, 0.15) is 53.4 Å². The number of hydrogen-bond donors (Lipinski definition) is 1. The highest BCUT2D eigenvalue weighted by atomic mass is 19.4. The Morgan fingerprint density at radius 2 is 1.57 bits per heavy atom. The Kier molecular flexibility index (Phi) is 5.95. The highest BCUT2D eigenvalue weighted by molar-refractivity contribution is 6.34. The number of hydrogen-bond acceptors (Lipinski definition) is 2. The van der Waals surface area contributed by atoms with Crippen molar-refractivity contribution in [1.29, 1.82) is 0 Å². The van der Waals surface area contributed by atoms with Crippen LogP contribution >= 0.6 is 0 Å². The fraction of sp³-hybridized carbons (Fsp3) is 0.867. The van der Waals surface area contributed by atoms with E-state index in [4.69, 9.17) is 4.65 Å². The van der Waals surface area contributed by atoms with E-state index in [9.17, 15) is 18.3 Å². The van der Waals surface area contributed by atoms with Crippen LogP contribution in [0.2, 0.25) is 0 Å². The van der Waals surface area contributed by atoms with Crippen LogP contribution in [0.4, 0.5) is 13.2 Å². The number of aliphatic hydroxyl groups is 1. The Morgan fingerprint density at radius 3 is 2.00 bits per heavy atom. The Hall–Kier alpha value is -0.485. The Balaban J connectivity index is 2.34. The minimum absolute atomic E-state index is 0.175. The van der Waals surface area contributed by atoms with Crippen molar-refractivity contribution in [2.24, 2.45) is 11.8 Å². The second-order valence-corrected chi connectivity index (χ2v) is 6.86. The SMILES string of the molecule is CC(C)(O)C(C)(C)O[B]/C=C/C1CCC(C(F)(F)F)CC1. The van der Waals surface area contributed by atoms with Crippen LogP contribution in [0.25, 0.3) is 0 Å². The number of allylic oxidation sites excluding steroid dienone is 1. The molecule has 0 unspecified atom stereocenters. The van der Waals surface area contributed by atoms with Gasteiger partial charge in [0.15, 0.2) is 0 Å². The van der Waals surface area contributed by atoms with Crippen LogP contribution in [0.5, 0.6) is 0 Å². The summed E-state index contributed by atoms with van der Waals surface area (Å²) in [7, 11) is 1.51. The van der Waals surface area contributed by atoms with Gasteiger partial charge in [-0.3, -0.25) is 0 Å². The van der Waals surface area contributed by atoms with E-state index >= 15 is 0 Å². The molecule has 1 aliphatic carbocycles. The lowest BCUT2D eigenvalue weighted by atomic mass is 9.80. The molecule has 0 spiro atoms. The van der Waals surface area contributed by atoms with Crippen LogP contribution in [-0.2, 0) is 4.65 Å². The molecule has 0 aliphatic heterocycles. The van der Waals surface area contributed by atoms with Crippen molar-refractivity contribution >= 4 is 7.48 Å². The van der Waals surface area contributed by atoms with Crippen molar-refractivity contribution in [3.63, 3.8) is 0 Å². The van der Waals surface area contributed by atoms with Gasteiger partial charge < -0.3 is 9.76 Å². The molecule has 0 aromatic carbocycles. The molecule has 2 nitrogen and oxygen atoms in total. The van der Waals surface area contributed by atoms with E-state index in [1.807, 2.05) is 6.08 Å². The summed E-state index contributed by atoms with van der Waals surface area (Å²) >= 11 is 0. The molecule has 0 heterocycles. The third-order valence-electron chi connectivity index (χ3n) is 4.53. The van der Waals surface area contributed by atoms with E-state index in [0.29, 0.717) is 12.8 Å². The van der Waals surface area contributed by atoms with Crippen molar-refractivity contribution in [3.05, 3.63) is 12.1 Å². The molecule has 6 heteroatoms. The normalized spacial score (nSPS) is 25.3. The number of halogens is 3. The van der Waals surface area contributed by atoms with Crippen LogP contribution < -0.4 is 0 Å². The topological polar surface area (TPSA) is 29.5 Å². The Morgan fingerprint density at radius 1 is 1.05 bits per heavy atom. The van der Waals surface area contributed by atoms with Crippen molar-refractivity contribution in [3.8, 4) is 0 Å². The molecule has 0 bridgehead atoms. The van der Waals surface area contributed by atoms with Crippen LogP contribution in [0.3, 0.4) is 0 Å². The van der Waals surface area contributed by atoms with Crippen LogP contribution in [-0.4, -0.2) is 30.0 Å². The third kappa shape index (κ3) is 5.66. The fourth-order valence-corrected chi connectivity index (χ4v) is 2.20. The van der Waals surface area contributed by atoms with Crippen molar-refractivity contribution in [2.45, 2.75) is 70.8 Å². The van der Waals surface area contributed by atoms with Crippen molar-refractivity contribution < 1.29 is 22.9 Å². The largest absolute Gasteiger partial charge is 0.427 e. The lowest BCUT2D eigenvalue weighted by Gasteiger charge is -2.37. The monoisotopic (exact) mass is 305 g/mol. The van der Waals surface area contributed by atoms with E-state index in [2.05, 4.69) is 0 Å². The van der Waals surface area contributed by atoms with Gasteiger partial charge in [0.2, 0.25) is 0 Å². The first-order valence-corrected chi connectivity index (χ1v) is 7.40. The molecule has 0 saturated heterocycles. The second kappa shape index (κ2) is 6.74. The van der Waals surface area contributed by atoms with Gasteiger partial charge in [-0.2, -0.15) is 13.2 Å². The fourth-order valence-electron chi connectivity index (χ4n) is 2.20. The molecular weight excluding hydrogens is 280 g/mol. The molecular formula is C15H25BF3O2. The summed E-state index contributed by atoms with van der Waals surface area (Å²) in [6, 6.07) is 0. The van der Waals surface area contributed by atoms with Crippen molar-refractivity contribution in [1.82, 2.24) is 0 Å². The van der Waals surface area contributed by atoms with Gasteiger partial charge in [-0.25, -0.2) is 0 Å². The maximum atomic E-state index is 12.6. The first kappa shape index (κ1) is 18.6. The molecule has 1 radical (unpaired) electrons. The van der Waals surface area contributed by atoms with Gasteiger partial charge in [0.1, 0.15) is 0 Å². The lowest BCUT2D eigenvalue weighted by Crippen LogP contribution is -2.47. The first-order chi connectivity index (χ1) is 9.43. The number of rotatable bonds is 5. The summed E-state index contributed by atoms with van der Waals surface area (Å²) in [6.45, 7) is 6.91. The molecule has 0 aromatic rings. The maximum Gasteiger partial charge on any atom is 0.391 e. The highest BCUT2D eigenvalue weighted by Crippen LogP contribution is 2.39. The number of alkyl halides is 3. The summed E-state index contributed by atoms with van der Waals surface area (Å²) < 4.78 is 43.2. The van der Waals surface area contributed by atoms with Crippen molar-refractivity contribution in [2.75, 3.05) is 0 Å². The van der Waals surface area contributed by atoms with Gasteiger partial charge >= 0.3 is 13.7 Å². The van der Waals surface area contributed by atoms with Crippen LogP contribution in [0, 0.1) is 11.8 Å². The molecule has 1 saturated carbocycles. The molecule has 1 aliphatic rings. The maximum absolute atomic E-state index is 12.6. The van der Waals surface area contributed by atoms with Gasteiger partial charge in [-0.05, 0) is 59.3 Å². The summed E-state index contributed by atoms with van der Waals surface area (Å²) in [6.07, 6.45) is -0.635. The summed E-state index contributed by atoms with van der Waals surface area (Å²) in [5.74, 6) is 0.761. The van der Waals surface area contributed by atoms with Gasteiger partial charge in [-0.1, -0.05) is 12.1 Å². The quantitative estimate of drug-likeness (QED) is 0.776. The predicted octanol–water partition coefficient (Wildman–Crippen LogP) is 4.05. The zero-order valence-corrected chi connectivity index (χ0v) is 13.2. The van der Waals surface area contributed by atoms with E-state index in [0.717, 1.165) is 0 Å². The molecule has 21 heavy (non-hydrogen) atoms. The molecule has 1 fully saturated rings. The van der Waals surface area contributed by atoms with Gasteiger partial charge in [0.05, 0.1) is 17.1 Å². The molecule has 1 rings (SSSR count). The van der Waals surface area contributed by atoms with E-state index < -0.39 is 23.3 Å². The Labute approximate surface area is 126 Å². The highest BCUT2D eigenvalue weighted by Gasteiger charge is 2.41. The summed E-state index contributed by atoms with van der Waals surface area (Å²) in [4.78, 5) is 0. The molecule has 0 atom stereocenters. The summed E-state index contributed by atoms with van der Waals surface area (Å²) in [5, 5.41) is 9.92. The standard InChI is InChI=1S/C15H25BF3O2/c1-13(2,20)14(3,4)21-16-10-9-11-5-7-12(8-6-11)15(17,18)19/h9-12,20H,5-8H2,1-4H3/b10-9+. The third-order valence-corrected chi connectivity index (χ3v) is 4.53. The van der Waals surface area contributed by atoms with E-state index in [1.54, 1.807) is 33.7 Å². The molecule has 1 N–H and O–H groups in total.